The quantitative estimate of drug-likeness (QED) is 0.198. The molecule has 0 spiro atoms. The van der Waals surface area contributed by atoms with Gasteiger partial charge in [0.25, 0.3) is 0 Å². The highest BCUT2D eigenvalue weighted by Gasteiger charge is 2.33. The maximum atomic E-state index is 11.8. The Morgan fingerprint density at radius 3 is 1.41 bits per heavy atom. The number of phenols is 2. The van der Waals surface area contributed by atoms with E-state index in [2.05, 4.69) is 79.7 Å². The zero-order valence-electron chi connectivity index (χ0n) is 24.6. The molecule has 4 N–H and O–H groups in total. The number of aliphatic hydroxyl groups is 2. The predicted molar refractivity (Wildman–Crippen MR) is 155 cm³/mol. The number of phenolic OH excluding ortho intramolecular Hbond substituents is 2. The average Bonchev–Trinajstić information content (AvgIpc) is 2.85. The topological polar surface area (TPSA) is 80.9 Å². The Morgan fingerprint density at radius 2 is 1.05 bits per heavy atom. The fraction of sp³-hybridized carbons (Fsp3) is 0.636. The average molecular weight is 513 g/mol. The van der Waals surface area contributed by atoms with Gasteiger partial charge in [0.2, 0.25) is 0 Å². The van der Waals surface area contributed by atoms with E-state index >= 15 is 0 Å². The van der Waals surface area contributed by atoms with E-state index in [0.29, 0.717) is 17.9 Å². The van der Waals surface area contributed by atoms with Crippen molar-refractivity contribution in [2.75, 3.05) is 13.2 Å². The van der Waals surface area contributed by atoms with E-state index in [1.807, 2.05) is 0 Å². The van der Waals surface area contributed by atoms with Gasteiger partial charge in [-0.2, -0.15) is 0 Å². The van der Waals surface area contributed by atoms with Crippen molar-refractivity contribution in [2.24, 2.45) is 5.92 Å². The van der Waals surface area contributed by atoms with Crippen LogP contribution in [0.4, 0.5) is 0 Å². The minimum Gasteiger partial charge on any atom is -0.507 e. The highest BCUT2D eigenvalue weighted by atomic mass is 16.3. The van der Waals surface area contributed by atoms with Crippen molar-refractivity contribution < 1.29 is 20.4 Å². The summed E-state index contributed by atoms with van der Waals surface area (Å²) < 4.78 is 0. The van der Waals surface area contributed by atoms with Crippen molar-refractivity contribution in [1.29, 1.82) is 0 Å². The molecule has 2 aromatic rings. The van der Waals surface area contributed by atoms with Crippen molar-refractivity contribution in [3.05, 3.63) is 57.6 Å². The third-order valence-corrected chi connectivity index (χ3v) is 8.46. The Bertz CT molecular complexity index is 1020. The van der Waals surface area contributed by atoms with E-state index in [1.165, 1.54) is 0 Å². The minimum absolute atomic E-state index is 0.127. The van der Waals surface area contributed by atoms with E-state index in [1.54, 1.807) is 0 Å². The molecule has 37 heavy (non-hydrogen) atoms. The highest BCUT2D eigenvalue weighted by Crippen LogP contribution is 2.48. The maximum Gasteiger partial charge on any atom is 0.123 e. The fourth-order valence-corrected chi connectivity index (χ4v) is 5.22. The zero-order valence-corrected chi connectivity index (χ0v) is 24.6. The number of benzene rings is 2. The number of aromatic hydroxyl groups is 2. The molecule has 1 atom stereocenters. The van der Waals surface area contributed by atoms with Gasteiger partial charge in [-0.25, -0.2) is 0 Å². The Balaban J connectivity index is 2.86. The number of unbranched alkanes of at least 4 members (excludes halogenated alkanes) is 1. The summed E-state index contributed by atoms with van der Waals surface area (Å²) in [6, 6.07) is 8.46. The second-order valence-electron chi connectivity index (χ2n) is 12.4. The molecule has 4 heteroatoms. The smallest absolute Gasteiger partial charge is 0.123 e. The molecule has 0 aliphatic heterocycles. The molecule has 0 fully saturated rings. The van der Waals surface area contributed by atoms with Crippen LogP contribution >= 0.6 is 0 Å². The molecule has 0 aliphatic rings. The number of aryl methyl sites for hydroxylation is 2. The Hall–Kier alpha value is -2.04. The Labute approximate surface area is 225 Å². The zero-order chi connectivity index (χ0) is 28.0. The SMILES string of the molecule is CCC(C)(C)c1cc(CCCO)cc(C(c2cc(CCCCO)cc(C(C)(C)CC)c2O)C(C)C)c1O. The third-order valence-electron chi connectivity index (χ3n) is 8.46. The maximum absolute atomic E-state index is 11.8. The summed E-state index contributed by atoms with van der Waals surface area (Å²) in [4.78, 5) is 0. The predicted octanol–water partition coefficient (Wildman–Crippen LogP) is 7.50. The van der Waals surface area contributed by atoms with Crippen molar-refractivity contribution in [2.45, 2.75) is 117 Å². The first kappa shape index (κ1) is 31.2. The van der Waals surface area contributed by atoms with Gasteiger partial charge in [-0.3, -0.25) is 0 Å². The van der Waals surface area contributed by atoms with E-state index in [0.717, 1.165) is 71.9 Å². The van der Waals surface area contributed by atoms with Gasteiger partial charge < -0.3 is 20.4 Å². The molecular weight excluding hydrogens is 460 g/mol. The van der Waals surface area contributed by atoms with Crippen LogP contribution in [0.1, 0.15) is 127 Å². The van der Waals surface area contributed by atoms with E-state index < -0.39 is 0 Å². The Morgan fingerprint density at radius 1 is 0.649 bits per heavy atom. The summed E-state index contributed by atoms with van der Waals surface area (Å²) in [5.41, 5.74) is 5.45. The summed E-state index contributed by atoms with van der Waals surface area (Å²) in [5, 5.41) is 42.3. The van der Waals surface area contributed by atoms with Crippen LogP contribution in [0.15, 0.2) is 24.3 Å². The van der Waals surface area contributed by atoms with Crippen LogP contribution in [-0.4, -0.2) is 33.6 Å². The summed E-state index contributed by atoms with van der Waals surface area (Å²) in [6.07, 6.45) is 5.66. The molecule has 0 bridgehead atoms. The molecule has 0 aliphatic carbocycles. The lowest BCUT2D eigenvalue weighted by Gasteiger charge is -2.32. The molecule has 4 nitrogen and oxygen atoms in total. The number of hydrogen-bond acceptors (Lipinski definition) is 4. The fourth-order valence-electron chi connectivity index (χ4n) is 5.22. The number of hydrogen-bond donors (Lipinski definition) is 4. The van der Waals surface area contributed by atoms with Crippen LogP contribution in [0.25, 0.3) is 0 Å². The van der Waals surface area contributed by atoms with Gasteiger partial charge in [-0.1, -0.05) is 79.7 Å². The summed E-state index contributed by atoms with van der Waals surface area (Å²) in [7, 11) is 0. The lowest BCUT2D eigenvalue weighted by Crippen LogP contribution is -2.20. The lowest BCUT2D eigenvalue weighted by atomic mass is 9.73. The number of rotatable bonds is 14. The lowest BCUT2D eigenvalue weighted by molar-refractivity contribution is 0.284. The van der Waals surface area contributed by atoms with E-state index in [9.17, 15) is 20.4 Å². The molecule has 208 valence electrons. The molecule has 1 unspecified atom stereocenters. The Kier molecular flexibility index (Phi) is 11.1. The van der Waals surface area contributed by atoms with Gasteiger partial charge in [-0.15, -0.1) is 0 Å². The van der Waals surface area contributed by atoms with E-state index in [-0.39, 0.29) is 35.9 Å². The van der Waals surface area contributed by atoms with E-state index in [4.69, 9.17) is 0 Å². The second kappa shape index (κ2) is 13.2. The molecule has 0 aromatic heterocycles. The standard InChI is InChI=1S/C33H52O4/c1-9-32(5,6)27-20-23(14-11-12-16-34)18-25(30(27)36)29(22(3)4)26-19-24(15-13-17-35)21-28(31(26)37)33(7,8)10-2/h18-22,29,34-37H,9-17H2,1-8H3. The van der Waals surface area contributed by atoms with Crippen LogP contribution in [-0.2, 0) is 23.7 Å². The van der Waals surface area contributed by atoms with Crippen LogP contribution in [0.5, 0.6) is 11.5 Å². The highest BCUT2D eigenvalue weighted by molar-refractivity contribution is 5.56. The van der Waals surface area contributed by atoms with Gasteiger partial charge in [0.1, 0.15) is 11.5 Å². The van der Waals surface area contributed by atoms with Gasteiger partial charge in [0, 0.05) is 41.4 Å². The molecular formula is C33H52O4. The first-order valence-electron chi connectivity index (χ1n) is 14.3. The van der Waals surface area contributed by atoms with Crippen molar-refractivity contribution in [3.63, 3.8) is 0 Å². The minimum atomic E-state index is -0.209. The number of aliphatic hydroxyl groups excluding tert-OH is 2. The molecule has 0 heterocycles. The van der Waals surface area contributed by atoms with Crippen molar-refractivity contribution in [3.8, 4) is 11.5 Å². The van der Waals surface area contributed by atoms with Crippen LogP contribution < -0.4 is 0 Å². The molecule has 0 saturated carbocycles. The molecule has 2 aromatic carbocycles. The monoisotopic (exact) mass is 512 g/mol. The van der Waals surface area contributed by atoms with Gasteiger partial charge in [-0.05, 0) is 72.8 Å². The van der Waals surface area contributed by atoms with Crippen LogP contribution in [0, 0.1) is 5.92 Å². The van der Waals surface area contributed by atoms with Gasteiger partial charge in [0.05, 0.1) is 0 Å². The largest absolute Gasteiger partial charge is 0.507 e. The first-order valence-corrected chi connectivity index (χ1v) is 14.3. The van der Waals surface area contributed by atoms with Crippen molar-refractivity contribution in [1.82, 2.24) is 0 Å². The molecule has 0 radical (unpaired) electrons. The first-order chi connectivity index (χ1) is 17.3. The molecule has 0 amide bonds. The summed E-state index contributed by atoms with van der Waals surface area (Å²) in [6.45, 7) is 17.5. The van der Waals surface area contributed by atoms with Gasteiger partial charge >= 0.3 is 0 Å². The van der Waals surface area contributed by atoms with Crippen molar-refractivity contribution >= 4 is 0 Å². The van der Waals surface area contributed by atoms with Crippen LogP contribution in [0.2, 0.25) is 0 Å². The molecule has 2 rings (SSSR count). The van der Waals surface area contributed by atoms with Crippen LogP contribution in [0.3, 0.4) is 0 Å². The van der Waals surface area contributed by atoms with Gasteiger partial charge in [0.15, 0.2) is 0 Å². The summed E-state index contributed by atoms with van der Waals surface area (Å²) >= 11 is 0. The summed E-state index contributed by atoms with van der Waals surface area (Å²) in [5.74, 6) is 0.588. The third kappa shape index (κ3) is 7.29. The molecule has 0 saturated heterocycles. The second-order valence-corrected chi connectivity index (χ2v) is 12.4. The normalized spacial score (nSPS) is 13.4.